The Morgan fingerprint density at radius 3 is 2.94 bits per heavy atom. The summed E-state index contributed by atoms with van der Waals surface area (Å²) in [5.74, 6) is -1.09. The van der Waals surface area contributed by atoms with Crippen molar-refractivity contribution < 1.29 is 24.2 Å². The second-order valence-electron chi connectivity index (χ2n) is 3.52. The van der Waals surface area contributed by atoms with E-state index in [1.807, 2.05) is 0 Å². The molecule has 0 saturated carbocycles. The molecule has 16 heavy (non-hydrogen) atoms. The summed E-state index contributed by atoms with van der Waals surface area (Å²) in [5, 5.41) is 8.92. The summed E-state index contributed by atoms with van der Waals surface area (Å²) in [6.45, 7) is 5.45. The molecular formula is C10H15NO5. The van der Waals surface area contributed by atoms with E-state index in [2.05, 4.69) is 6.58 Å². The molecule has 0 radical (unpaired) electrons. The molecule has 1 heterocycles. The SMILES string of the molecule is C=CCOC(=O)N1C[C@@H](C)OC[C@@H]1C(=O)O. The Morgan fingerprint density at radius 2 is 2.38 bits per heavy atom. The summed E-state index contributed by atoms with van der Waals surface area (Å²) in [6, 6.07) is -0.978. The van der Waals surface area contributed by atoms with Crippen molar-refractivity contribution in [3.05, 3.63) is 12.7 Å². The molecule has 1 saturated heterocycles. The van der Waals surface area contributed by atoms with Gasteiger partial charge in [-0.25, -0.2) is 9.59 Å². The second-order valence-corrected chi connectivity index (χ2v) is 3.52. The molecule has 0 aromatic rings. The first kappa shape index (κ1) is 12.5. The molecule has 1 rings (SSSR count). The number of carbonyl (C=O) groups is 2. The summed E-state index contributed by atoms with van der Waals surface area (Å²) in [5.41, 5.74) is 0. The highest BCUT2D eigenvalue weighted by Gasteiger charge is 2.36. The lowest BCUT2D eigenvalue weighted by atomic mass is 10.2. The summed E-state index contributed by atoms with van der Waals surface area (Å²) in [7, 11) is 0. The number of carboxylic acids is 1. The molecule has 2 atom stereocenters. The van der Waals surface area contributed by atoms with Gasteiger partial charge in [-0.15, -0.1) is 0 Å². The minimum atomic E-state index is -1.09. The molecular weight excluding hydrogens is 214 g/mol. The molecule has 0 spiro atoms. The fourth-order valence-corrected chi connectivity index (χ4v) is 1.42. The van der Waals surface area contributed by atoms with Crippen molar-refractivity contribution in [1.82, 2.24) is 4.90 Å². The number of ether oxygens (including phenoxy) is 2. The van der Waals surface area contributed by atoms with Gasteiger partial charge in [0.25, 0.3) is 0 Å². The van der Waals surface area contributed by atoms with Gasteiger partial charge in [0.1, 0.15) is 6.61 Å². The van der Waals surface area contributed by atoms with Crippen LogP contribution in [0.2, 0.25) is 0 Å². The van der Waals surface area contributed by atoms with Gasteiger partial charge in [0.2, 0.25) is 0 Å². The monoisotopic (exact) mass is 229 g/mol. The van der Waals surface area contributed by atoms with Crippen LogP contribution in [0, 0.1) is 0 Å². The van der Waals surface area contributed by atoms with Crippen LogP contribution in [0.3, 0.4) is 0 Å². The van der Waals surface area contributed by atoms with E-state index < -0.39 is 18.1 Å². The molecule has 0 bridgehead atoms. The summed E-state index contributed by atoms with van der Waals surface area (Å²) < 4.78 is 10.00. The molecule has 0 aliphatic carbocycles. The van der Waals surface area contributed by atoms with Crippen molar-refractivity contribution in [3.63, 3.8) is 0 Å². The average molecular weight is 229 g/mol. The lowest BCUT2D eigenvalue weighted by Gasteiger charge is -2.35. The van der Waals surface area contributed by atoms with Gasteiger partial charge in [-0.05, 0) is 6.92 Å². The zero-order valence-electron chi connectivity index (χ0n) is 9.09. The number of morpholine rings is 1. The Morgan fingerprint density at radius 1 is 1.69 bits per heavy atom. The lowest BCUT2D eigenvalue weighted by molar-refractivity contribution is -0.151. The van der Waals surface area contributed by atoms with Crippen molar-refractivity contribution in [2.45, 2.75) is 19.1 Å². The maximum atomic E-state index is 11.6. The average Bonchev–Trinajstić information content (AvgIpc) is 2.25. The molecule has 0 aromatic heterocycles. The number of rotatable bonds is 3. The topological polar surface area (TPSA) is 76.1 Å². The lowest BCUT2D eigenvalue weighted by Crippen LogP contribution is -2.55. The smallest absolute Gasteiger partial charge is 0.411 e. The van der Waals surface area contributed by atoms with Gasteiger partial charge in [0.05, 0.1) is 19.3 Å². The molecule has 6 heteroatoms. The summed E-state index contributed by atoms with van der Waals surface area (Å²) in [6.07, 6.45) is 0.590. The molecule has 0 unspecified atom stereocenters. The maximum absolute atomic E-state index is 11.6. The molecule has 0 aromatic carbocycles. The highest BCUT2D eigenvalue weighted by molar-refractivity contribution is 5.80. The van der Waals surface area contributed by atoms with Crippen LogP contribution in [0.1, 0.15) is 6.92 Å². The van der Waals surface area contributed by atoms with E-state index in [4.69, 9.17) is 14.6 Å². The van der Waals surface area contributed by atoms with E-state index in [0.29, 0.717) is 0 Å². The third kappa shape index (κ3) is 2.96. The van der Waals surface area contributed by atoms with Crippen LogP contribution in [-0.4, -0.2) is 54.0 Å². The first-order valence-electron chi connectivity index (χ1n) is 4.95. The highest BCUT2D eigenvalue weighted by atomic mass is 16.6. The van der Waals surface area contributed by atoms with Crippen molar-refractivity contribution in [2.24, 2.45) is 0 Å². The fourth-order valence-electron chi connectivity index (χ4n) is 1.42. The zero-order valence-corrected chi connectivity index (χ0v) is 9.09. The predicted octanol–water partition coefficient (Wildman–Crippen LogP) is 0.483. The van der Waals surface area contributed by atoms with Crippen molar-refractivity contribution in [2.75, 3.05) is 19.8 Å². The summed E-state index contributed by atoms with van der Waals surface area (Å²) >= 11 is 0. The third-order valence-electron chi connectivity index (χ3n) is 2.21. The molecule has 1 aliphatic rings. The van der Waals surface area contributed by atoms with E-state index in [1.165, 1.54) is 11.0 Å². The Bertz CT molecular complexity index is 291. The van der Waals surface area contributed by atoms with Crippen LogP contribution in [0.5, 0.6) is 0 Å². The largest absolute Gasteiger partial charge is 0.480 e. The number of hydrogen-bond donors (Lipinski definition) is 1. The van der Waals surface area contributed by atoms with E-state index >= 15 is 0 Å². The normalized spacial score (nSPS) is 24.9. The van der Waals surface area contributed by atoms with Gasteiger partial charge in [0.15, 0.2) is 6.04 Å². The zero-order chi connectivity index (χ0) is 12.1. The number of carbonyl (C=O) groups excluding carboxylic acids is 1. The van der Waals surface area contributed by atoms with Crippen LogP contribution in [0.25, 0.3) is 0 Å². The number of hydrogen-bond acceptors (Lipinski definition) is 4. The second kappa shape index (κ2) is 5.50. The number of carboxylic acid groups (broad SMARTS) is 1. The van der Waals surface area contributed by atoms with E-state index in [0.717, 1.165) is 0 Å². The molecule has 1 fully saturated rings. The Kier molecular flexibility index (Phi) is 4.30. The molecule has 1 N–H and O–H groups in total. The quantitative estimate of drug-likeness (QED) is 0.712. The first-order chi connectivity index (χ1) is 7.56. The fraction of sp³-hybridized carbons (Fsp3) is 0.600. The van der Waals surface area contributed by atoms with E-state index in [-0.39, 0.29) is 25.9 Å². The predicted molar refractivity (Wildman–Crippen MR) is 55.1 cm³/mol. The van der Waals surface area contributed by atoms with Gasteiger partial charge in [-0.2, -0.15) is 0 Å². The number of nitrogens with zero attached hydrogens (tertiary/aromatic N) is 1. The standard InChI is InChI=1S/C10H15NO5/c1-3-4-15-10(14)11-5-7(2)16-6-8(11)9(12)13/h3,7-8H,1,4-6H2,2H3,(H,12,13)/t7-,8-/m1/s1. The van der Waals surface area contributed by atoms with Crippen molar-refractivity contribution in [3.8, 4) is 0 Å². The number of amides is 1. The molecule has 90 valence electrons. The Hall–Kier alpha value is -1.56. The first-order valence-corrected chi connectivity index (χ1v) is 4.95. The minimum Gasteiger partial charge on any atom is -0.480 e. The van der Waals surface area contributed by atoms with Crippen LogP contribution in [0.4, 0.5) is 4.79 Å². The third-order valence-corrected chi connectivity index (χ3v) is 2.21. The van der Waals surface area contributed by atoms with Gasteiger partial charge < -0.3 is 14.6 Å². The van der Waals surface area contributed by atoms with Crippen LogP contribution in [-0.2, 0) is 14.3 Å². The van der Waals surface area contributed by atoms with Crippen molar-refractivity contribution >= 4 is 12.1 Å². The van der Waals surface area contributed by atoms with Crippen LogP contribution >= 0.6 is 0 Å². The van der Waals surface area contributed by atoms with Gasteiger partial charge in [0, 0.05) is 0 Å². The summed E-state index contributed by atoms with van der Waals surface area (Å²) in [4.78, 5) is 23.6. The van der Waals surface area contributed by atoms with E-state index in [9.17, 15) is 9.59 Å². The molecule has 6 nitrogen and oxygen atoms in total. The van der Waals surface area contributed by atoms with Crippen molar-refractivity contribution in [1.29, 1.82) is 0 Å². The minimum absolute atomic E-state index is 0.0142. The van der Waals surface area contributed by atoms with Crippen LogP contribution < -0.4 is 0 Å². The Balaban J connectivity index is 2.66. The number of aliphatic carboxylic acids is 1. The van der Waals surface area contributed by atoms with Gasteiger partial charge in [-0.3, -0.25) is 4.90 Å². The van der Waals surface area contributed by atoms with Gasteiger partial charge in [-0.1, -0.05) is 12.7 Å². The highest BCUT2D eigenvalue weighted by Crippen LogP contribution is 2.13. The molecule has 1 amide bonds. The van der Waals surface area contributed by atoms with E-state index in [1.54, 1.807) is 6.92 Å². The van der Waals surface area contributed by atoms with Gasteiger partial charge >= 0.3 is 12.1 Å². The Labute approximate surface area is 93.4 Å². The van der Waals surface area contributed by atoms with Crippen LogP contribution in [0.15, 0.2) is 12.7 Å². The molecule has 1 aliphatic heterocycles. The maximum Gasteiger partial charge on any atom is 0.411 e.